The molecule has 3 heterocycles. The fourth-order valence-corrected chi connectivity index (χ4v) is 12.5. The Labute approximate surface area is 474 Å². The maximum atomic E-state index is 8.64. The van der Waals surface area contributed by atoms with E-state index in [-0.39, 0.29) is 31.9 Å². The van der Waals surface area contributed by atoms with Crippen LogP contribution in [-0.4, -0.2) is 19.1 Å². The third-order valence-electron chi connectivity index (χ3n) is 15.0. The molecule has 0 aliphatic heterocycles. The second-order valence-corrected chi connectivity index (χ2v) is 22.4. The van der Waals surface area contributed by atoms with Gasteiger partial charge in [-0.3, -0.25) is 9.97 Å². The molecule has 1 radical (unpaired) electrons. The van der Waals surface area contributed by atoms with Gasteiger partial charge in [0, 0.05) is 40.3 Å². The van der Waals surface area contributed by atoms with Crippen molar-refractivity contribution in [1.82, 2.24) is 19.1 Å². The monoisotopic (exact) mass is 1200 g/mol. The summed E-state index contributed by atoms with van der Waals surface area (Å²) in [6.07, 6.45) is 0. The van der Waals surface area contributed by atoms with Gasteiger partial charge in [-0.25, -0.2) is 0 Å². The molecule has 10 aromatic carbocycles. The van der Waals surface area contributed by atoms with Crippen LogP contribution in [0.15, 0.2) is 188 Å². The first-order valence-corrected chi connectivity index (χ1v) is 27.5. The van der Waals surface area contributed by atoms with Crippen LogP contribution in [0.1, 0.15) is 111 Å². The van der Waals surface area contributed by atoms with Crippen LogP contribution < -0.4 is 0 Å². The van der Waals surface area contributed by atoms with E-state index in [9.17, 15) is 0 Å². The van der Waals surface area contributed by atoms with E-state index in [1.165, 1.54) is 39.1 Å². The number of hydrogen-bond acceptors (Lipinski definition) is 3. The number of para-hydroxylation sites is 5. The van der Waals surface area contributed by atoms with E-state index in [2.05, 4.69) is 234 Å². The molecule has 0 N–H and O–H groups in total. The van der Waals surface area contributed by atoms with Crippen LogP contribution in [0.4, 0.5) is 0 Å². The van der Waals surface area contributed by atoms with Crippen LogP contribution in [0.25, 0.3) is 109 Å². The van der Waals surface area contributed by atoms with Gasteiger partial charge in [-0.05, 0) is 137 Å². The maximum absolute atomic E-state index is 8.64. The summed E-state index contributed by atoms with van der Waals surface area (Å²) >= 11 is 1.63. The summed E-state index contributed by atoms with van der Waals surface area (Å²) in [6.45, 7) is 15.7. The molecule has 0 spiro atoms. The van der Waals surface area contributed by atoms with E-state index in [0.29, 0.717) is 17.4 Å². The quantitative estimate of drug-likeness (QED) is 0.107. The van der Waals surface area contributed by atoms with Crippen LogP contribution in [0.3, 0.4) is 0 Å². The summed E-state index contributed by atoms with van der Waals surface area (Å²) in [7, 11) is 0. The fourth-order valence-electron chi connectivity index (χ4n) is 11.3. The second kappa shape index (κ2) is 21.2. The number of benzene rings is 10. The van der Waals surface area contributed by atoms with E-state index in [0.717, 1.165) is 92.2 Å². The van der Waals surface area contributed by atoms with Crippen molar-refractivity contribution in [2.24, 2.45) is 0 Å². The van der Waals surface area contributed by atoms with Gasteiger partial charge in [0.25, 0.3) is 0 Å². The van der Waals surface area contributed by atoms with E-state index in [1.54, 1.807) is 17.4 Å². The minimum atomic E-state index is -2.32. The van der Waals surface area contributed by atoms with Gasteiger partial charge in [0.15, 0.2) is 0 Å². The Bertz CT molecular complexity index is 4380. The molecule has 0 fully saturated rings. The minimum absolute atomic E-state index is 0. The molecule has 0 amide bonds. The third-order valence-corrected chi connectivity index (χ3v) is 16.2. The van der Waals surface area contributed by atoms with Crippen LogP contribution in [0.5, 0.6) is 0 Å². The van der Waals surface area contributed by atoms with Crippen LogP contribution >= 0.6 is 11.3 Å². The molecule has 0 atom stereocenters. The van der Waals surface area contributed by atoms with Crippen molar-refractivity contribution >= 4 is 75.1 Å². The first kappa shape index (κ1) is 47.9. The van der Waals surface area contributed by atoms with Crippen molar-refractivity contribution in [3.63, 3.8) is 0 Å². The zero-order valence-corrected chi connectivity index (χ0v) is 47.9. The van der Waals surface area contributed by atoms with E-state index < -0.39 is 6.85 Å². The van der Waals surface area contributed by atoms with E-state index in [4.69, 9.17) is 14.1 Å². The van der Waals surface area contributed by atoms with Crippen molar-refractivity contribution in [2.45, 2.75) is 85.9 Å². The SMILES string of the molecule is CC(C)c1cccc(C(C)C)c1-n1c(-c2[c-]cccc2)nc2ccccc21.[2H]C([2H])([2H])c1c[c-]c(-c2nc3ccccc3n2-c2c(C(C)C)cc(-c3ccccc3)cc2C(C)C)c2sc3cc4ccc5ccccc5c4cc3c12.[Ir]. The summed E-state index contributed by atoms with van der Waals surface area (Å²) in [4.78, 5) is 10.3. The minimum Gasteiger partial charge on any atom is -0.333 e. The van der Waals surface area contributed by atoms with Crippen molar-refractivity contribution in [3.8, 4) is 45.3 Å². The number of nitrogens with zero attached hydrogens (tertiary/aromatic N) is 4. The molecular formula is C71H62IrN4S-2. The van der Waals surface area contributed by atoms with Gasteiger partial charge in [-0.2, -0.15) is 11.3 Å². The van der Waals surface area contributed by atoms with Crippen LogP contribution in [0, 0.1) is 19.0 Å². The Morgan fingerprint density at radius 2 is 1.05 bits per heavy atom. The number of fused-ring (bicyclic) bond motifs is 8. The third kappa shape index (κ3) is 9.20. The van der Waals surface area contributed by atoms with Crippen LogP contribution in [-0.2, 0) is 20.1 Å². The van der Waals surface area contributed by atoms with Gasteiger partial charge < -0.3 is 9.13 Å². The van der Waals surface area contributed by atoms with Gasteiger partial charge in [0.2, 0.25) is 0 Å². The number of aromatic nitrogens is 4. The predicted octanol–water partition coefficient (Wildman–Crippen LogP) is 20.1. The molecule has 13 rings (SSSR count). The predicted molar refractivity (Wildman–Crippen MR) is 325 cm³/mol. The first-order chi connectivity index (χ1) is 38.2. The molecule has 0 bridgehead atoms. The number of hydrogen-bond donors (Lipinski definition) is 0. The number of rotatable bonds is 9. The molecule has 4 nitrogen and oxygen atoms in total. The molecular weight excluding hydrogens is 1130 g/mol. The summed E-state index contributed by atoms with van der Waals surface area (Å²) < 4.78 is 32.5. The van der Waals surface area contributed by atoms with Crippen molar-refractivity contribution in [3.05, 3.63) is 228 Å². The Kier molecular flexibility index (Phi) is 13.2. The summed E-state index contributed by atoms with van der Waals surface area (Å²) in [6, 6.07) is 72.4. The second-order valence-electron chi connectivity index (χ2n) is 21.3. The molecule has 13 aromatic rings. The average Bonchev–Trinajstić information content (AvgIpc) is 4.35. The summed E-state index contributed by atoms with van der Waals surface area (Å²) in [5, 5.41) is 6.27. The Balaban J connectivity index is 0.000000203. The van der Waals surface area contributed by atoms with Gasteiger partial charge in [-0.15, -0.1) is 53.6 Å². The van der Waals surface area contributed by atoms with Gasteiger partial charge in [0.1, 0.15) is 0 Å². The molecule has 0 aliphatic carbocycles. The Morgan fingerprint density at radius 3 is 1.69 bits per heavy atom. The number of thiophene rings is 1. The van der Waals surface area contributed by atoms with Gasteiger partial charge >= 0.3 is 0 Å². The molecule has 383 valence electrons. The Hall–Kier alpha value is -7.47. The normalized spacial score (nSPS) is 12.5. The maximum Gasteiger partial charge on any atom is 0.0774 e. The number of aryl methyl sites for hydroxylation is 1. The van der Waals surface area contributed by atoms with E-state index >= 15 is 0 Å². The van der Waals surface area contributed by atoms with Crippen molar-refractivity contribution in [2.75, 3.05) is 0 Å². The average molecular weight is 1200 g/mol. The summed E-state index contributed by atoms with van der Waals surface area (Å²) in [5.41, 5.74) is 16.1. The first-order valence-electron chi connectivity index (χ1n) is 28.2. The topological polar surface area (TPSA) is 35.6 Å². The zero-order chi connectivity index (χ0) is 54.9. The summed E-state index contributed by atoms with van der Waals surface area (Å²) in [5.74, 6) is 3.00. The van der Waals surface area contributed by atoms with Crippen molar-refractivity contribution in [1.29, 1.82) is 0 Å². The van der Waals surface area contributed by atoms with Gasteiger partial charge in [0.05, 0.1) is 33.7 Å². The zero-order valence-electron chi connectivity index (χ0n) is 47.7. The molecule has 3 aromatic heterocycles. The molecule has 0 saturated heterocycles. The van der Waals surface area contributed by atoms with Gasteiger partial charge in [-0.1, -0.05) is 182 Å². The number of imidazole rings is 2. The van der Waals surface area contributed by atoms with Crippen molar-refractivity contribution < 1.29 is 24.2 Å². The molecule has 0 unspecified atom stereocenters. The molecule has 77 heavy (non-hydrogen) atoms. The largest absolute Gasteiger partial charge is 0.333 e. The molecule has 0 aliphatic rings. The fraction of sp³-hybridized carbons (Fsp3) is 0.183. The molecule has 6 heteroatoms. The van der Waals surface area contributed by atoms with E-state index in [1.807, 2.05) is 24.3 Å². The van der Waals surface area contributed by atoms with Crippen LogP contribution in [0.2, 0.25) is 0 Å². The Morgan fingerprint density at radius 1 is 0.481 bits per heavy atom. The smallest absolute Gasteiger partial charge is 0.0774 e. The standard InChI is InChI=1S/C46H37N2S.C25H25N2.Ir/c1-27(2)36-23-33(30-13-7-6-8-14-30)24-37(28(3)4)44(36)48-41-18-12-11-17-40(41)47-46(48)35-22-19-29(5)43-39-26-38-32(25-42(39)49-45(35)43)21-20-31-15-9-10-16-34(31)38;1-17(2)20-13-10-14-21(18(3)4)24(20)27-23-16-9-8-15-22(23)26-25(27)19-11-6-5-7-12-19;/h6-21,23-28H,1-5H3;5-11,13-18H,1-4H3;/q2*-1;/i5D3;;. The molecule has 0 saturated carbocycles.